The number of aromatic nitrogens is 1. The summed E-state index contributed by atoms with van der Waals surface area (Å²) in [6, 6.07) is 13.9. The lowest BCUT2D eigenvalue weighted by molar-refractivity contribution is -0.138. The summed E-state index contributed by atoms with van der Waals surface area (Å²) in [6.45, 7) is 7.34. The van der Waals surface area contributed by atoms with E-state index in [1.54, 1.807) is 11.3 Å². The molecule has 1 atom stereocenters. The molecule has 2 aromatic carbocycles. The van der Waals surface area contributed by atoms with Crippen molar-refractivity contribution < 1.29 is 9.59 Å². The molecule has 2 aliphatic rings. The van der Waals surface area contributed by atoms with Crippen molar-refractivity contribution in [3.05, 3.63) is 64.1 Å². The zero-order chi connectivity index (χ0) is 22.8. The standard InChI is InChI=1S/C26H30N4O2S/c1-19-27-22(18-33-19)17-28-12-14-29(15-13-28)25(31)21-8-5-11-30(16-21)26(32)24-10-4-7-20-6-2-3-9-23(20)24/h2-4,6-7,9-10,18,21H,5,8,11-17H2,1H3/t21-/m0/s1. The minimum Gasteiger partial charge on any atom is -0.340 e. The summed E-state index contributed by atoms with van der Waals surface area (Å²) in [5, 5.41) is 5.26. The molecule has 2 aliphatic heterocycles. The number of carbonyl (C=O) groups excluding carboxylic acids is 2. The van der Waals surface area contributed by atoms with Crippen LogP contribution in [0.15, 0.2) is 47.8 Å². The highest BCUT2D eigenvalue weighted by atomic mass is 32.1. The molecular formula is C26H30N4O2S. The van der Waals surface area contributed by atoms with Crippen molar-refractivity contribution in [3.63, 3.8) is 0 Å². The fourth-order valence-corrected chi connectivity index (χ4v) is 5.64. The Bertz CT molecular complexity index is 1150. The van der Waals surface area contributed by atoms with Crippen LogP contribution in [0.25, 0.3) is 10.8 Å². The van der Waals surface area contributed by atoms with Gasteiger partial charge >= 0.3 is 0 Å². The molecule has 172 valence electrons. The van der Waals surface area contributed by atoms with Crippen LogP contribution in [0.4, 0.5) is 0 Å². The second kappa shape index (κ2) is 9.61. The van der Waals surface area contributed by atoms with E-state index < -0.39 is 0 Å². The van der Waals surface area contributed by atoms with E-state index in [2.05, 4.69) is 15.3 Å². The van der Waals surface area contributed by atoms with E-state index in [-0.39, 0.29) is 17.7 Å². The maximum Gasteiger partial charge on any atom is 0.254 e. The monoisotopic (exact) mass is 462 g/mol. The Morgan fingerprint density at radius 2 is 1.79 bits per heavy atom. The van der Waals surface area contributed by atoms with Crippen molar-refractivity contribution in [3.8, 4) is 0 Å². The van der Waals surface area contributed by atoms with Crippen LogP contribution in [0.1, 0.15) is 33.9 Å². The quantitative estimate of drug-likeness (QED) is 0.592. The molecule has 3 aromatic rings. The van der Waals surface area contributed by atoms with Gasteiger partial charge in [-0.1, -0.05) is 36.4 Å². The van der Waals surface area contributed by atoms with Crippen LogP contribution < -0.4 is 0 Å². The third-order valence-electron chi connectivity index (χ3n) is 6.81. The first kappa shape index (κ1) is 22.0. The molecule has 2 saturated heterocycles. The van der Waals surface area contributed by atoms with E-state index >= 15 is 0 Å². The van der Waals surface area contributed by atoms with E-state index in [0.717, 1.165) is 72.6 Å². The molecule has 2 amide bonds. The molecule has 0 radical (unpaired) electrons. The number of benzene rings is 2. The number of nitrogens with zero attached hydrogens (tertiary/aromatic N) is 4. The molecule has 1 aromatic heterocycles. The van der Waals surface area contributed by atoms with Gasteiger partial charge in [-0.05, 0) is 36.6 Å². The van der Waals surface area contributed by atoms with Crippen molar-refractivity contribution in [2.75, 3.05) is 39.3 Å². The zero-order valence-electron chi connectivity index (χ0n) is 19.1. The Morgan fingerprint density at radius 3 is 2.58 bits per heavy atom. The second-order valence-electron chi connectivity index (χ2n) is 9.08. The van der Waals surface area contributed by atoms with Crippen molar-refractivity contribution in [2.24, 2.45) is 5.92 Å². The van der Waals surface area contributed by atoms with Crippen LogP contribution in [-0.2, 0) is 11.3 Å². The van der Waals surface area contributed by atoms with Crippen LogP contribution in [0.3, 0.4) is 0 Å². The van der Waals surface area contributed by atoms with Crippen LogP contribution in [0.2, 0.25) is 0 Å². The summed E-state index contributed by atoms with van der Waals surface area (Å²) in [5.74, 6) is 0.132. The van der Waals surface area contributed by atoms with Crippen molar-refractivity contribution in [1.82, 2.24) is 19.7 Å². The molecule has 3 heterocycles. The topological polar surface area (TPSA) is 56.8 Å². The highest BCUT2D eigenvalue weighted by molar-refractivity contribution is 7.09. The van der Waals surface area contributed by atoms with E-state index in [0.29, 0.717) is 13.1 Å². The van der Waals surface area contributed by atoms with E-state index in [1.807, 2.05) is 59.2 Å². The predicted molar refractivity (Wildman–Crippen MR) is 131 cm³/mol. The van der Waals surface area contributed by atoms with Gasteiger partial charge in [0.05, 0.1) is 16.6 Å². The zero-order valence-corrected chi connectivity index (χ0v) is 19.9. The van der Waals surface area contributed by atoms with Gasteiger partial charge in [-0.15, -0.1) is 11.3 Å². The first-order valence-electron chi connectivity index (χ1n) is 11.8. The van der Waals surface area contributed by atoms with Gasteiger partial charge in [0.15, 0.2) is 0 Å². The van der Waals surface area contributed by atoms with Crippen LogP contribution in [-0.4, -0.2) is 70.8 Å². The Kier molecular flexibility index (Phi) is 6.42. The number of carbonyl (C=O) groups is 2. The summed E-state index contributed by atoms with van der Waals surface area (Å²) in [5.41, 5.74) is 1.85. The molecule has 0 unspecified atom stereocenters. The van der Waals surface area contributed by atoms with Crippen LogP contribution in [0.5, 0.6) is 0 Å². The maximum absolute atomic E-state index is 13.4. The van der Waals surface area contributed by atoms with Gasteiger partial charge in [-0.25, -0.2) is 4.98 Å². The average molecular weight is 463 g/mol. The Hall–Kier alpha value is -2.77. The van der Waals surface area contributed by atoms with Gasteiger partial charge in [0.1, 0.15) is 0 Å². The van der Waals surface area contributed by atoms with Gasteiger partial charge in [0.2, 0.25) is 5.91 Å². The third-order valence-corrected chi connectivity index (χ3v) is 7.64. The van der Waals surface area contributed by atoms with E-state index in [9.17, 15) is 9.59 Å². The number of hydrogen-bond donors (Lipinski definition) is 0. The SMILES string of the molecule is Cc1nc(CN2CCN(C(=O)[C@H]3CCCN(C(=O)c4cccc5ccccc45)C3)CC2)cs1. The normalized spacial score (nSPS) is 19.7. The molecule has 7 heteroatoms. The second-order valence-corrected chi connectivity index (χ2v) is 10.1. The Morgan fingerprint density at radius 1 is 1.00 bits per heavy atom. The lowest BCUT2D eigenvalue weighted by atomic mass is 9.95. The molecule has 2 fully saturated rings. The first-order chi connectivity index (χ1) is 16.1. The number of amides is 2. The van der Waals surface area contributed by atoms with Crippen molar-refractivity contribution in [1.29, 1.82) is 0 Å². The summed E-state index contributed by atoms with van der Waals surface area (Å²) in [4.78, 5) is 37.5. The number of fused-ring (bicyclic) bond motifs is 1. The third kappa shape index (κ3) is 4.80. The average Bonchev–Trinajstić information content (AvgIpc) is 3.27. The van der Waals surface area contributed by atoms with Crippen molar-refractivity contribution in [2.45, 2.75) is 26.3 Å². The summed E-state index contributed by atoms with van der Waals surface area (Å²) in [7, 11) is 0. The fourth-order valence-electron chi connectivity index (χ4n) is 5.04. The largest absolute Gasteiger partial charge is 0.340 e. The van der Waals surface area contributed by atoms with Crippen LogP contribution >= 0.6 is 11.3 Å². The number of piperazine rings is 1. The predicted octanol–water partition coefficient (Wildman–Crippen LogP) is 3.80. The lowest BCUT2D eigenvalue weighted by Gasteiger charge is -2.39. The number of likely N-dealkylation sites (tertiary alicyclic amines) is 1. The summed E-state index contributed by atoms with van der Waals surface area (Å²) >= 11 is 1.68. The lowest BCUT2D eigenvalue weighted by Crippen LogP contribution is -2.52. The number of thiazole rings is 1. The van der Waals surface area contributed by atoms with Gasteiger partial charge in [0.25, 0.3) is 5.91 Å². The highest BCUT2D eigenvalue weighted by Gasteiger charge is 2.33. The number of piperidine rings is 1. The molecule has 5 rings (SSSR count). The van der Waals surface area contributed by atoms with Crippen LogP contribution in [0, 0.1) is 12.8 Å². The van der Waals surface area contributed by atoms with Gasteiger partial charge < -0.3 is 9.80 Å². The highest BCUT2D eigenvalue weighted by Crippen LogP contribution is 2.25. The van der Waals surface area contributed by atoms with E-state index in [1.165, 1.54) is 0 Å². The number of rotatable bonds is 4. The summed E-state index contributed by atoms with van der Waals surface area (Å²) in [6.07, 6.45) is 1.73. The smallest absolute Gasteiger partial charge is 0.254 e. The molecule has 0 saturated carbocycles. The minimum absolute atomic E-state index is 0.0349. The molecule has 0 bridgehead atoms. The van der Waals surface area contributed by atoms with Gasteiger partial charge in [0, 0.05) is 56.8 Å². The van der Waals surface area contributed by atoms with E-state index in [4.69, 9.17) is 0 Å². The molecule has 33 heavy (non-hydrogen) atoms. The molecule has 0 spiro atoms. The minimum atomic E-state index is -0.106. The summed E-state index contributed by atoms with van der Waals surface area (Å²) < 4.78 is 0. The maximum atomic E-state index is 13.4. The van der Waals surface area contributed by atoms with Gasteiger partial charge in [-0.3, -0.25) is 14.5 Å². The van der Waals surface area contributed by atoms with Crippen molar-refractivity contribution >= 4 is 33.9 Å². The van der Waals surface area contributed by atoms with Gasteiger partial charge in [-0.2, -0.15) is 0 Å². The fraction of sp³-hybridized carbons (Fsp3) is 0.423. The molecule has 0 N–H and O–H groups in total. The molecule has 6 nitrogen and oxygen atoms in total. The first-order valence-corrected chi connectivity index (χ1v) is 12.7. The Labute approximate surface area is 198 Å². The number of aryl methyl sites for hydroxylation is 1. The molecule has 0 aliphatic carbocycles. The number of hydrogen-bond acceptors (Lipinski definition) is 5. The molecular weight excluding hydrogens is 432 g/mol. The Balaban J connectivity index is 1.20.